The molecule has 8 nitrogen and oxygen atoms in total. The second-order valence-corrected chi connectivity index (χ2v) is 8.92. The summed E-state index contributed by atoms with van der Waals surface area (Å²) in [6.07, 6.45) is 1.30. The van der Waals surface area contributed by atoms with Gasteiger partial charge in [-0.25, -0.2) is 4.98 Å². The van der Waals surface area contributed by atoms with E-state index in [9.17, 15) is 9.00 Å². The van der Waals surface area contributed by atoms with E-state index in [-0.39, 0.29) is 17.4 Å². The van der Waals surface area contributed by atoms with Crippen molar-refractivity contribution in [3.63, 3.8) is 0 Å². The Hall–Kier alpha value is -2.23. The zero-order valence-corrected chi connectivity index (χ0v) is 18.0. The summed E-state index contributed by atoms with van der Waals surface area (Å²) in [7, 11) is 0.241. The van der Waals surface area contributed by atoms with E-state index in [1.165, 1.54) is 0 Å². The molecule has 2 aromatic rings. The lowest BCUT2D eigenvalue weighted by Crippen LogP contribution is -2.48. The number of amides is 1. The van der Waals surface area contributed by atoms with Crippen LogP contribution in [0.4, 0.5) is 0 Å². The van der Waals surface area contributed by atoms with Gasteiger partial charge in [0.05, 0.1) is 31.8 Å². The lowest BCUT2D eigenvalue weighted by molar-refractivity contribution is -0.186. The minimum Gasteiger partial charge on any atom is -0.497 e. The summed E-state index contributed by atoms with van der Waals surface area (Å²) in [4.78, 5) is 18.8. The number of nitrogens with zero attached hydrogens (tertiary/aromatic N) is 2. The fourth-order valence-corrected chi connectivity index (χ4v) is 4.87. The van der Waals surface area contributed by atoms with Gasteiger partial charge in [-0.15, -0.1) is 0 Å². The maximum atomic E-state index is 12.6. The van der Waals surface area contributed by atoms with Gasteiger partial charge < -0.3 is 23.5 Å². The monoisotopic (exact) mass is 434 g/mol. The summed E-state index contributed by atoms with van der Waals surface area (Å²) in [6, 6.07) is 7.37. The van der Waals surface area contributed by atoms with Gasteiger partial charge in [0, 0.05) is 42.3 Å². The Bertz CT molecular complexity index is 910. The maximum absolute atomic E-state index is 12.6. The lowest BCUT2D eigenvalue weighted by atomic mass is 10.0. The number of carbonyl (C=O) groups is 1. The number of carbonyl (C=O) groups excluding carboxylic acids is 1. The number of ether oxygens (including phenoxy) is 3. The number of hydrogen-bond acceptors (Lipinski definition) is 7. The van der Waals surface area contributed by atoms with Crippen molar-refractivity contribution in [2.75, 3.05) is 39.2 Å². The zero-order valence-electron chi connectivity index (χ0n) is 17.2. The molecule has 0 radical (unpaired) electrons. The van der Waals surface area contributed by atoms with E-state index in [1.807, 2.05) is 24.3 Å². The normalized spacial score (nSPS) is 19.2. The summed E-state index contributed by atoms with van der Waals surface area (Å²) in [5.41, 5.74) is 1.42. The predicted molar refractivity (Wildman–Crippen MR) is 110 cm³/mol. The van der Waals surface area contributed by atoms with Crippen LogP contribution in [0.5, 0.6) is 5.75 Å². The molecule has 1 spiro atoms. The van der Waals surface area contributed by atoms with Crippen LogP contribution in [0, 0.1) is 6.92 Å². The lowest BCUT2D eigenvalue weighted by Gasteiger charge is -2.37. The number of piperidine rings is 1. The van der Waals surface area contributed by atoms with E-state index in [0.29, 0.717) is 56.5 Å². The molecular weight excluding hydrogens is 408 g/mol. The summed E-state index contributed by atoms with van der Waals surface area (Å²) >= 11 is 0. The van der Waals surface area contributed by atoms with Crippen LogP contribution in [-0.2, 0) is 30.8 Å². The van der Waals surface area contributed by atoms with E-state index < -0.39 is 16.6 Å². The predicted octanol–water partition coefficient (Wildman–Crippen LogP) is 2.27. The second-order valence-electron chi connectivity index (χ2n) is 7.47. The number of hydrogen-bond donors (Lipinski definition) is 0. The van der Waals surface area contributed by atoms with Gasteiger partial charge in [0.1, 0.15) is 17.3 Å². The van der Waals surface area contributed by atoms with Gasteiger partial charge in [-0.2, -0.15) is 0 Å². The first-order valence-corrected chi connectivity index (χ1v) is 11.5. The number of benzene rings is 1. The molecule has 0 aliphatic carbocycles. The molecule has 3 heterocycles. The van der Waals surface area contributed by atoms with Gasteiger partial charge in [0.2, 0.25) is 11.8 Å². The molecule has 0 bridgehead atoms. The zero-order chi connectivity index (χ0) is 21.1. The Balaban J connectivity index is 1.32. The van der Waals surface area contributed by atoms with Crippen molar-refractivity contribution in [2.24, 2.45) is 0 Å². The van der Waals surface area contributed by atoms with E-state index in [0.717, 1.165) is 11.3 Å². The molecule has 1 aromatic carbocycles. The van der Waals surface area contributed by atoms with Crippen LogP contribution in [0.25, 0.3) is 11.5 Å². The number of aromatic nitrogens is 1. The SMILES string of the molecule is COc1ccc(-c2nc(C[S@@](=O)CC(=O)N3CCC4(CC3)OCCO4)c(C)o2)cc1. The van der Waals surface area contributed by atoms with Gasteiger partial charge >= 0.3 is 0 Å². The highest BCUT2D eigenvalue weighted by Crippen LogP contribution is 2.31. The van der Waals surface area contributed by atoms with E-state index in [2.05, 4.69) is 4.98 Å². The number of aryl methyl sites for hydroxylation is 1. The molecule has 4 rings (SSSR count). The first-order valence-electron chi connectivity index (χ1n) is 9.99. The molecule has 30 heavy (non-hydrogen) atoms. The Morgan fingerprint density at radius 3 is 2.50 bits per heavy atom. The average molecular weight is 435 g/mol. The Labute approximate surface area is 178 Å². The average Bonchev–Trinajstić information content (AvgIpc) is 3.35. The van der Waals surface area contributed by atoms with Crippen molar-refractivity contribution in [1.29, 1.82) is 0 Å². The van der Waals surface area contributed by atoms with Crippen molar-refractivity contribution >= 4 is 16.7 Å². The minimum atomic E-state index is -1.37. The summed E-state index contributed by atoms with van der Waals surface area (Å²) in [5, 5.41) is 0. The highest BCUT2D eigenvalue weighted by Gasteiger charge is 2.40. The fourth-order valence-electron chi connectivity index (χ4n) is 3.73. The van der Waals surface area contributed by atoms with Gasteiger partial charge in [-0.1, -0.05) is 0 Å². The molecule has 1 aromatic heterocycles. The molecule has 0 saturated carbocycles. The molecule has 2 aliphatic rings. The summed E-state index contributed by atoms with van der Waals surface area (Å²) in [5.74, 6) is 1.34. The standard InChI is InChI=1S/C21H26N2O6S/c1-15-18(22-20(29-15)16-3-5-17(26-2)6-4-16)13-30(25)14-19(24)23-9-7-21(8-10-23)27-11-12-28-21/h3-6H,7-14H2,1-2H3/t30-/m1/s1. The third-order valence-electron chi connectivity index (χ3n) is 5.50. The number of rotatable bonds is 6. The van der Waals surface area contributed by atoms with Crippen LogP contribution in [-0.4, -0.2) is 65.0 Å². The van der Waals surface area contributed by atoms with Gasteiger partial charge in [0.15, 0.2) is 5.79 Å². The van der Waals surface area contributed by atoms with Crippen LogP contribution < -0.4 is 4.74 Å². The van der Waals surface area contributed by atoms with E-state index in [1.54, 1.807) is 18.9 Å². The molecular formula is C21H26N2O6S. The largest absolute Gasteiger partial charge is 0.497 e. The van der Waals surface area contributed by atoms with Gasteiger partial charge in [0.25, 0.3) is 0 Å². The first kappa shape index (κ1) is 21.0. The third-order valence-corrected chi connectivity index (χ3v) is 6.67. The topological polar surface area (TPSA) is 91.1 Å². The van der Waals surface area contributed by atoms with Crippen LogP contribution in [0.1, 0.15) is 24.3 Å². The van der Waals surface area contributed by atoms with Crippen LogP contribution >= 0.6 is 0 Å². The molecule has 1 atom stereocenters. The number of oxazole rings is 1. The van der Waals surface area contributed by atoms with Crippen LogP contribution in [0.15, 0.2) is 28.7 Å². The van der Waals surface area contributed by atoms with Crippen molar-refractivity contribution in [3.8, 4) is 17.2 Å². The highest BCUT2D eigenvalue weighted by molar-refractivity contribution is 7.84. The van der Waals surface area contributed by atoms with Gasteiger partial charge in [-0.05, 0) is 31.2 Å². The van der Waals surface area contributed by atoms with Gasteiger partial charge in [-0.3, -0.25) is 9.00 Å². The molecule has 9 heteroatoms. The minimum absolute atomic E-state index is 0.0289. The second kappa shape index (κ2) is 8.87. The molecule has 2 aliphatic heterocycles. The molecule has 1 amide bonds. The third kappa shape index (κ3) is 4.58. The number of likely N-dealkylation sites (tertiary alicyclic amines) is 1. The summed E-state index contributed by atoms with van der Waals surface area (Å²) < 4.78 is 34.9. The van der Waals surface area contributed by atoms with Crippen LogP contribution in [0.3, 0.4) is 0 Å². The molecule has 2 saturated heterocycles. The summed E-state index contributed by atoms with van der Waals surface area (Å²) in [6.45, 7) is 4.11. The molecule has 0 unspecified atom stereocenters. The molecule has 162 valence electrons. The maximum Gasteiger partial charge on any atom is 0.235 e. The van der Waals surface area contributed by atoms with E-state index in [4.69, 9.17) is 18.6 Å². The van der Waals surface area contributed by atoms with Crippen molar-refractivity contribution < 1.29 is 27.6 Å². The quantitative estimate of drug-likeness (QED) is 0.689. The Morgan fingerprint density at radius 2 is 1.87 bits per heavy atom. The Kier molecular flexibility index (Phi) is 6.21. The smallest absolute Gasteiger partial charge is 0.235 e. The molecule has 2 fully saturated rings. The number of methoxy groups -OCH3 is 1. The Morgan fingerprint density at radius 1 is 1.20 bits per heavy atom. The first-order chi connectivity index (χ1) is 14.5. The van der Waals surface area contributed by atoms with Crippen molar-refractivity contribution in [1.82, 2.24) is 9.88 Å². The molecule has 0 N–H and O–H groups in total. The van der Waals surface area contributed by atoms with Crippen molar-refractivity contribution in [3.05, 3.63) is 35.7 Å². The van der Waals surface area contributed by atoms with Crippen molar-refractivity contribution in [2.45, 2.75) is 31.3 Å². The highest BCUT2D eigenvalue weighted by atomic mass is 32.2. The van der Waals surface area contributed by atoms with Crippen LogP contribution in [0.2, 0.25) is 0 Å². The fraction of sp³-hybridized carbons (Fsp3) is 0.524. The van der Waals surface area contributed by atoms with E-state index >= 15 is 0 Å².